The first-order valence-electron chi connectivity index (χ1n) is 11.8. The van der Waals surface area contributed by atoms with Gasteiger partial charge in [0.15, 0.2) is 0 Å². The summed E-state index contributed by atoms with van der Waals surface area (Å²) < 4.78 is 11.9. The molecule has 0 N–H and O–H groups in total. The molecule has 0 spiro atoms. The number of amides is 2. The lowest BCUT2D eigenvalue weighted by molar-refractivity contribution is -0.123. The van der Waals surface area contributed by atoms with Crippen molar-refractivity contribution >= 4 is 51.4 Å². The van der Waals surface area contributed by atoms with Gasteiger partial charge in [0.1, 0.15) is 24.7 Å². The Labute approximate surface area is 224 Å². The summed E-state index contributed by atoms with van der Waals surface area (Å²) >= 11 is 6.93. The summed E-state index contributed by atoms with van der Waals surface area (Å²) in [6.07, 6.45) is 1.76. The molecule has 4 aromatic carbocycles. The van der Waals surface area contributed by atoms with Crippen molar-refractivity contribution in [2.45, 2.75) is 13.5 Å². The number of aryl methyl sites for hydroxylation is 1. The van der Waals surface area contributed by atoms with Gasteiger partial charge in [-0.15, -0.1) is 0 Å². The number of carbonyl (C=O) groups excluding carboxylic acids is 2. The second kappa shape index (κ2) is 11.1. The fourth-order valence-electron chi connectivity index (χ4n) is 4.01. The molecule has 2 amide bonds. The molecule has 0 unspecified atom stereocenters. The van der Waals surface area contributed by atoms with Crippen molar-refractivity contribution in [2.24, 2.45) is 0 Å². The summed E-state index contributed by atoms with van der Waals surface area (Å²) in [7, 11) is 0. The van der Waals surface area contributed by atoms with E-state index in [1.165, 1.54) is 4.90 Å². The predicted octanol–water partition coefficient (Wildman–Crippen LogP) is 7.50. The van der Waals surface area contributed by atoms with E-state index in [1.807, 2.05) is 91.9 Å². The van der Waals surface area contributed by atoms with Gasteiger partial charge < -0.3 is 9.47 Å². The standard InChI is InChI=1S/C30H24ClNO4S/c1-20-6-13-24(14-7-20)35-17-16-32-29(33)28(37-30(32)34)18-26-25-5-3-2-4-22(25)10-15-27(26)36-19-21-8-11-23(31)12-9-21/h2-15,18H,16-17,19H2,1H3/b28-18-. The molecule has 0 aromatic heterocycles. The molecule has 1 saturated heterocycles. The Bertz CT molecular complexity index is 1480. The number of ether oxygens (including phenoxy) is 2. The maximum Gasteiger partial charge on any atom is 0.293 e. The van der Waals surface area contributed by atoms with Crippen LogP contribution in [0.4, 0.5) is 4.79 Å². The molecule has 7 heteroatoms. The Kier molecular flexibility index (Phi) is 7.49. The molecule has 5 nitrogen and oxygen atoms in total. The Morgan fingerprint density at radius 1 is 0.892 bits per heavy atom. The fraction of sp³-hybridized carbons (Fsp3) is 0.133. The number of carbonyl (C=O) groups is 2. The minimum absolute atomic E-state index is 0.172. The van der Waals surface area contributed by atoms with Gasteiger partial charge in [-0.05, 0) is 71.4 Å². The lowest BCUT2D eigenvalue weighted by Crippen LogP contribution is -2.32. The van der Waals surface area contributed by atoms with Crippen LogP contribution in [0.3, 0.4) is 0 Å². The molecule has 0 atom stereocenters. The molecular formula is C30H24ClNO4S. The quantitative estimate of drug-likeness (QED) is 0.221. The van der Waals surface area contributed by atoms with Crippen molar-refractivity contribution in [3.63, 3.8) is 0 Å². The van der Waals surface area contributed by atoms with Gasteiger partial charge in [0, 0.05) is 10.6 Å². The highest BCUT2D eigenvalue weighted by Gasteiger charge is 2.35. The molecule has 0 radical (unpaired) electrons. The molecule has 1 aliphatic rings. The molecule has 4 aromatic rings. The SMILES string of the molecule is Cc1ccc(OCCN2C(=O)S/C(=C\c3c(OCc4ccc(Cl)cc4)ccc4ccccc34)C2=O)cc1. The lowest BCUT2D eigenvalue weighted by atomic mass is 10.0. The maximum atomic E-state index is 13.2. The van der Waals surface area contributed by atoms with Gasteiger partial charge >= 0.3 is 0 Å². The van der Waals surface area contributed by atoms with Gasteiger partial charge in [0.05, 0.1) is 11.4 Å². The summed E-state index contributed by atoms with van der Waals surface area (Å²) in [5.74, 6) is 0.994. The monoisotopic (exact) mass is 529 g/mol. The van der Waals surface area contributed by atoms with Crippen LogP contribution in [0.1, 0.15) is 16.7 Å². The topological polar surface area (TPSA) is 55.8 Å². The van der Waals surface area contributed by atoms with Crippen molar-refractivity contribution in [1.29, 1.82) is 0 Å². The minimum atomic E-state index is -0.334. The van der Waals surface area contributed by atoms with E-state index in [2.05, 4.69) is 0 Å². The molecule has 186 valence electrons. The van der Waals surface area contributed by atoms with Crippen LogP contribution in [0.15, 0.2) is 89.8 Å². The van der Waals surface area contributed by atoms with Crippen LogP contribution in [-0.2, 0) is 11.4 Å². The van der Waals surface area contributed by atoms with Crippen LogP contribution in [0.5, 0.6) is 11.5 Å². The van der Waals surface area contributed by atoms with Crippen molar-refractivity contribution in [3.8, 4) is 11.5 Å². The number of hydrogen-bond acceptors (Lipinski definition) is 5. The lowest BCUT2D eigenvalue weighted by Gasteiger charge is -2.14. The van der Waals surface area contributed by atoms with E-state index in [0.717, 1.165) is 39.2 Å². The maximum absolute atomic E-state index is 13.2. The zero-order valence-corrected chi connectivity index (χ0v) is 21.7. The van der Waals surface area contributed by atoms with Crippen LogP contribution < -0.4 is 9.47 Å². The van der Waals surface area contributed by atoms with Gasteiger partial charge in [-0.3, -0.25) is 14.5 Å². The van der Waals surface area contributed by atoms with E-state index >= 15 is 0 Å². The van der Waals surface area contributed by atoms with Gasteiger partial charge in [0.25, 0.3) is 11.1 Å². The first-order chi connectivity index (χ1) is 18.0. The third kappa shape index (κ3) is 5.82. The van der Waals surface area contributed by atoms with Crippen molar-refractivity contribution in [2.75, 3.05) is 13.2 Å². The third-order valence-corrected chi connectivity index (χ3v) is 7.15. The number of nitrogens with zero attached hydrogens (tertiary/aromatic N) is 1. The van der Waals surface area contributed by atoms with E-state index in [1.54, 1.807) is 6.08 Å². The van der Waals surface area contributed by atoms with Crippen molar-refractivity contribution < 1.29 is 19.1 Å². The zero-order chi connectivity index (χ0) is 25.8. The third-order valence-electron chi connectivity index (χ3n) is 5.99. The molecule has 1 fully saturated rings. The smallest absolute Gasteiger partial charge is 0.293 e. The van der Waals surface area contributed by atoms with Crippen LogP contribution in [0, 0.1) is 6.92 Å². The van der Waals surface area contributed by atoms with E-state index < -0.39 is 0 Å². The molecule has 1 heterocycles. The Balaban J connectivity index is 1.36. The highest BCUT2D eigenvalue weighted by atomic mass is 35.5. The molecule has 0 saturated carbocycles. The minimum Gasteiger partial charge on any atom is -0.492 e. The number of imide groups is 1. The Morgan fingerprint density at radius 3 is 2.43 bits per heavy atom. The fourth-order valence-corrected chi connectivity index (χ4v) is 4.98. The molecule has 0 bridgehead atoms. The number of thioether (sulfide) groups is 1. The normalized spacial score (nSPS) is 14.5. The number of halogens is 1. The summed E-state index contributed by atoms with van der Waals surface area (Å²) in [4.78, 5) is 27.4. The van der Waals surface area contributed by atoms with E-state index in [9.17, 15) is 9.59 Å². The van der Waals surface area contributed by atoms with E-state index in [-0.39, 0.29) is 24.3 Å². The van der Waals surface area contributed by atoms with Crippen LogP contribution in [0.25, 0.3) is 16.8 Å². The predicted molar refractivity (Wildman–Crippen MR) is 149 cm³/mol. The van der Waals surface area contributed by atoms with E-state index in [0.29, 0.717) is 28.0 Å². The van der Waals surface area contributed by atoms with Crippen molar-refractivity contribution in [1.82, 2.24) is 4.90 Å². The highest BCUT2D eigenvalue weighted by molar-refractivity contribution is 8.18. The van der Waals surface area contributed by atoms with Crippen molar-refractivity contribution in [3.05, 3.63) is 112 Å². The van der Waals surface area contributed by atoms with E-state index in [4.69, 9.17) is 21.1 Å². The summed E-state index contributed by atoms with van der Waals surface area (Å²) in [6, 6.07) is 26.9. The average molecular weight is 530 g/mol. The van der Waals surface area contributed by atoms with Gasteiger partial charge in [-0.1, -0.05) is 71.8 Å². The first-order valence-corrected chi connectivity index (χ1v) is 13.0. The van der Waals surface area contributed by atoms with Gasteiger partial charge in [-0.25, -0.2) is 0 Å². The number of benzene rings is 4. The number of hydrogen-bond donors (Lipinski definition) is 0. The Morgan fingerprint density at radius 2 is 1.65 bits per heavy atom. The molecule has 37 heavy (non-hydrogen) atoms. The second-order valence-electron chi connectivity index (χ2n) is 8.61. The first kappa shape index (κ1) is 24.9. The number of fused-ring (bicyclic) bond motifs is 1. The van der Waals surface area contributed by atoms with Gasteiger partial charge in [0.2, 0.25) is 0 Å². The van der Waals surface area contributed by atoms with Crippen LogP contribution in [0.2, 0.25) is 5.02 Å². The average Bonchev–Trinajstić information content (AvgIpc) is 3.17. The molecule has 5 rings (SSSR count). The highest BCUT2D eigenvalue weighted by Crippen LogP contribution is 2.37. The summed E-state index contributed by atoms with van der Waals surface area (Å²) in [5, 5.41) is 2.30. The summed E-state index contributed by atoms with van der Waals surface area (Å²) in [5.41, 5.74) is 2.86. The van der Waals surface area contributed by atoms with Crippen LogP contribution >= 0.6 is 23.4 Å². The summed E-state index contributed by atoms with van der Waals surface area (Å²) in [6.45, 7) is 2.73. The second-order valence-corrected chi connectivity index (χ2v) is 10.0. The zero-order valence-electron chi connectivity index (χ0n) is 20.1. The molecular weight excluding hydrogens is 506 g/mol. The largest absolute Gasteiger partial charge is 0.492 e. The van der Waals surface area contributed by atoms with Crippen LogP contribution in [-0.4, -0.2) is 29.2 Å². The van der Waals surface area contributed by atoms with Gasteiger partial charge in [-0.2, -0.15) is 0 Å². The Hall–Kier alpha value is -3.74. The number of rotatable bonds is 8. The molecule has 1 aliphatic heterocycles. The molecule has 0 aliphatic carbocycles.